The topological polar surface area (TPSA) is 49.8 Å². The van der Waals surface area contributed by atoms with Crippen LogP contribution in [0.5, 0.6) is 5.75 Å². The molecule has 0 spiro atoms. The van der Waals surface area contributed by atoms with Gasteiger partial charge in [0.15, 0.2) is 0 Å². The monoisotopic (exact) mass is 247 g/mol. The number of nitrogens with zero attached hydrogens (tertiary/aromatic N) is 1. The summed E-state index contributed by atoms with van der Waals surface area (Å²) in [6.45, 7) is 3.18. The Balaban J connectivity index is 1.64. The van der Waals surface area contributed by atoms with Gasteiger partial charge in [-0.25, -0.2) is 0 Å². The molecule has 1 aromatic carbocycles. The molecule has 2 unspecified atom stereocenters. The maximum Gasteiger partial charge on any atom is 0.307 e. The number of benzene rings is 1. The summed E-state index contributed by atoms with van der Waals surface area (Å²) < 4.78 is 5.65. The van der Waals surface area contributed by atoms with Crippen molar-refractivity contribution >= 4 is 5.97 Å². The first-order chi connectivity index (χ1) is 8.74. The van der Waals surface area contributed by atoms with Gasteiger partial charge in [0, 0.05) is 24.6 Å². The molecule has 1 saturated heterocycles. The Morgan fingerprint density at radius 2 is 2.28 bits per heavy atom. The average Bonchev–Trinajstić information content (AvgIpc) is 2.98. The molecule has 2 heterocycles. The lowest BCUT2D eigenvalue weighted by molar-refractivity contribution is -0.141. The lowest BCUT2D eigenvalue weighted by Gasteiger charge is -2.19. The fraction of sp³-hybridized carbons (Fsp3) is 0.500. The number of ether oxygens (including phenoxy) is 1. The molecule has 4 nitrogen and oxygen atoms in total. The number of hydrogen-bond acceptors (Lipinski definition) is 3. The smallest absolute Gasteiger partial charge is 0.307 e. The molecule has 4 heteroatoms. The van der Waals surface area contributed by atoms with Crippen molar-refractivity contribution in [1.29, 1.82) is 0 Å². The van der Waals surface area contributed by atoms with Crippen molar-refractivity contribution in [3.8, 4) is 5.75 Å². The number of likely N-dealkylation sites (tertiary alicyclic amines) is 1. The summed E-state index contributed by atoms with van der Waals surface area (Å²) in [7, 11) is 0. The quantitative estimate of drug-likeness (QED) is 0.880. The summed E-state index contributed by atoms with van der Waals surface area (Å²) in [4.78, 5) is 13.2. The van der Waals surface area contributed by atoms with Crippen LogP contribution < -0.4 is 4.74 Å². The van der Waals surface area contributed by atoms with Gasteiger partial charge in [-0.3, -0.25) is 4.79 Å². The van der Waals surface area contributed by atoms with Crippen molar-refractivity contribution in [2.75, 3.05) is 26.2 Å². The van der Waals surface area contributed by atoms with E-state index in [9.17, 15) is 4.79 Å². The predicted molar refractivity (Wildman–Crippen MR) is 66.9 cm³/mol. The third kappa shape index (κ3) is 2.08. The van der Waals surface area contributed by atoms with Crippen molar-refractivity contribution in [2.45, 2.75) is 12.3 Å². The molecule has 96 valence electrons. The Labute approximate surface area is 106 Å². The summed E-state index contributed by atoms with van der Waals surface area (Å²) in [5, 5.41) is 9.00. The third-order valence-electron chi connectivity index (χ3n) is 3.90. The van der Waals surface area contributed by atoms with E-state index in [0.29, 0.717) is 19.1 Å². The first kappa shape index (κ1) is 11.5. The van der Waals surface area contributed by atoms with Gasteiger partial charge in [-0.05, 0) is 19.0 Å². The van der Waals surface area contributed by atoms with Crippen molar-refractivity contribution in [3.63, 3.8) is 0 Å². The molecule has 1 N–H and O–H groups in total. The van der Waals surface area contributed by atoms with Gasteiger partial charge in [0.25, 0.3) is 0 Å². The molecule has 0 saturated carbocycles. The van der Waals surface area contributed by atoms with Gasteiger partial charge in [-0.15, -0.1) is 0 Å². The van der Waals surface area contributed by atoms with Crippen LogP contribution in [-0.4, -0.2) is 42.2 Å². The largest absolute Gasteiger partial charge is 0.493 e. The lowest BCUT2D eigenvalue weighted by Crippen LogP contribution is -2.28. The summed E-state index contributed by atoms with van der Waals surface area (Å²) in [5.41, 5.74) is 1.26. The minimum Gasteiger partial charge on any atom is -0.493 e. The van der Waals surface area contributed by atoms with Crippen molar-refractivity contribution in [3.05, 3.63) is 29.8 Å². The van der Waals surface area contributed by atoms with E-state index in [1.54, 1.807) is 0 Å². The summed E-state index contributed by atoms with van der Waals surface area (Å²) in [6.07, 6.45) is 0.768. The van der Waals surface area contributed by atoms with E-state index in [2.05, 4.69) is 11.0 Å². The van der Waals surface area contributed by atoms with Gasteiger partial charge in [0.05, 0.1) is 12.5 Å². The van der Waals surface area contributed by atoms with Gasteiger partial charge in [-0.2, -0.15) is 0 Å². The number of aliphatic carboxylic acids is 1. The number of rotatable bonds is 3. The Morgan fingerprint density at radius 1 is 1.44 bits per heavy atom. The van der Waals surface area contributed by atoms with Gasteiger partial charge in [-0.1, -0.05) is 18.2 Å². The van der Waals surface area contributed by atoms with E-state index in [4.69, 9.17) is 9.84 Å². The Morgan fingerprint density at radius 3 is 3.06 bits per heavy atom. The number of carboxylic acids is 1. The van der Waals surface area contributed by atoms with Crippen molar-refractivity contribution in [2.24, 2.45) is 5.92 Å². The Hall–Kier alpha value is -1.55. The normalized spacial score (nSPS) is 26.9. The van der Waals surface area contributed by atoms with E-state index in [-0.39, 0.29) is 5.92 Å². The van der Waals surface area contributed by atoms with Crippen LogP contribution in [0.1, 0.15) is 17.9 Å². The predicted octanol–water partition coefficient (Wildman–Crippen LogP) is 1.57. The highest BCUT2D eigenvalue weighted by Gasteiger charge is 2.32. The zero-order chi connectivity index (χ0) is 12.5. The van der Waals surface area contributed by atoms with E-state index >= 15 is 0 Å². The van der Waals surface area contributed by atoms with Gasteiger partial charge < -0.3 is 14.7 Å². The summed E-state index contributed by atoms with van der Waals surface area (Å²) in [6, 6.07) is 8.12. The highest BCUT2D eigenvalue weighted by atomic mass is 16.5. The third-order valence-corrected chi connectivity index (χ3v) is 3.90. The highest BCUT2D eigenvalue weighted by molar-refractivity contribution is 5.70. The van der Waals surface area contributed by atoms with E-state index in [1.807, 2.05) is 18.2 Å². The number of carbonyl (C=O) groups is 1. The number of fused-ring (bicyclic) bond motifs is 1. The molecule has 18 heavy (non-hydrogen) atoms. The van der Waals surface area contributed by atoms with Crippen LogP contribution >= 0.6 is 0 Å². The SMILES string of the molecule is O=C(O)C1CCN(CC2COc3ccccc32)C1. The van der Waals surface area contributed by atoms with E-state index in [1.165, 1.54) is 5.56 Å². The van der Waals surface area contributed by atoms with Crippen LogP contribution in [0.4, 0.5) is 0 Å². The lowest BCUT2D eigenvalue weighted by atomic mass is 10.0. The van der Waals surface area contributed by atoms with Gasteiger partial charge in [0.1, 0.15) is 5.75 Å². The minimum atomic E-state index is -0.666. The van der Waals surface area contributed by atoms with E-state index < -0.39 is 5.97 Å². The molecule has 1 fully saturated rings. The molecule has 1 aromatic rings. The molecule has 0 radical (unpaired) electrons. The molecular weight excluding hydrogens is 230 g/mol. The first-order valence-electron chi connectivity index (χ1n) is 6.41. The standard InChI is InChI=1S/C14H17NO3/c16-14(17)10-5-6-15(7-10)8-11-9-18-13-4-2-1-3-12(11)13/h1-4,10-11H,5-9H2,(H,16,17). The maximum atomic E-state index is 10.9. The van der Waals surface area contributed by atoms with Crippen LogP contribution in [0, 0.1) is 5.92 Å². The number of hydrogen-bond donors (Lipinski definition) is 1. The van der Waals surface area contributed by atoms with Gasteiger partial charge in [0.2, 0.25) is 0 Å². The second kappa shape index (κ2) is 4.61. The number of carboxylic acid groups (broad SMARTS) is 1. The Bertz CT molecular complexity index is 460. The molecule has 2 aliphatic rings. The second-order valence-corrected chi connectivity index (χ2v) is 5.13. The Kier molecular flexibility index (Phi) is 2.96. The fourth-order valence-corrected chi connectivity index (χ4v) is 2.89. The van der Waals surface area contributed by atoms with Crippen LogP contribution in [0.15, 0.2) is 24.3 Å². The molecule has 2 aliphatic heterocycles. The van der Waals surface area contributed by atoms with Crippen molar-refractivity contribution < 1.29 is 14.6 Å². The second-order valence-electron chi connectivity index (χ2n) is 5.13. The van der Waals surface area contributed by atoms with Gasteiger partial charge >= 0.3 is 5.97 Å². The fourth-order valence-electron chi connectivity index (χ4n) is 2.89. The molecule has 0 bridgehead atoms. The molecule has 0 aliphatic carbocycles. The van der Waals surface area contributed by atoms with Crippen molar-refractivity contribution in [1.82, 2.24) is 4.90 Å². The van der Waals surface area contributed by atoms with E-state index in [0.717, 1.165) is 25.3 Å². The maximum absolute atomic E-state index is 10.9. The van der Waals surface area contributed by atoms with Crippen LogP contribution in [0.3, 0.4) is 0 Å². The van der Waals surface area contributed by atoms with Crippen LogP contribution in [0.2, 0.25) is 0 Å². The van der Waals surface area contributed by atoms with Crippen LogP contribution in [-0.2, 0) is 4.79 Å². The molecule has 2 atom stereocenters. The first-order valence-corrected chi connectivity index (χ1v) is 6.41. The molecule has 0 amide bonds. The molecule has 0 aromatic heterocycles. The zero-order valence-electron chi connectivity index (χ0n) is 10.2. The molecular formula is C14H17NO3. The highest BCUT2D eigenvalue weighted by Crippen LogP contribution is 2.34. The number of para-hydroxylation sites is 1. The average molecular weight is 247 g/mol. The molecule has 3 rings (SSSR count). The van der Waals surface area contributed by atoms with Crippen LogP contribution in [0.25, 0.3) is 0 Å². The minimum absolute atomic E-state index is 0.192. The summed E-state index contributed by atoms with van der Waals surface area (Å²) >= 11 is 0. The summed E-state index contributed by atoms with van der Waals surface area (Å²) in [5.74, 6) is 0.508. The zero-order valence-corrected chi connectivity index (χ0v) is 10.2.